The van der Waals surface area contributed by atoms with Crippen molar-refractivity contribution in [3.05, 3.63) is 83.5 Å². The van der Waals surface area contributed by atoms with Gasteiger partial charge in [0.05, 0.1) is 5.57 Å². The number of allylic oxidation sites excluding steroid dienone is 4. The Morgan fingerprint density at radius 2 is 1.36 bits per heavy atom. The van der Waals surface area contributed by atoms with Crippen LogP contribution in [0.2, 0.25) is 0 Å². The molecule has 25 heavy (non-hydrogen) atoms. The highest BCUT2D eigenvalue weighted by atomic mass is 16.2. The van der Waals surface area contributed by atoms with Crippen LogP contribution in [-0.4, -0.2) is 17.3 Å². The van der Waals surface area contributed by atoms with Crippen molar-refractivity contribution >= 4 is 38.9 Å². The van der Waals surface area contributed by atoms with Gasteiger partial charge < -0.3 is 0 Å². The Kier molecular flexibility index (Phi) is 3.43. The lowest BCUT2D eigenvalue weighted by atomic mass is 9.87. The van der Waals surface area contributed by atoms with Gasteiger partial charge in [-0.05, 0) is 46.7 Å². The number of rotatable bonds is 2. The quantitative estimate of drug-likeness (QED) is 0.307. The van der Waals surface area contributed by atoms with Gasteiger partial charge in [0.2, 0.25) is 0 Å². The first-order valence-electron chi connectivity index (χ1n) is 8.01. The molecule has 0 saturated heterocycles. The number of ketones is 3. The summed E-state index contributed by atoms with van der Waals surface area (Å²) in [5.41, 5.74) is 0.614. The number of hydrogen-bond acceptors (Lipinski definition) is 3. The van der Waals surface area contributed by atoms with Gasteiger partial charge in [0.1, 0.15) is 0 Å². The molecule has 3 aromatic rings. The summed E-state index contributed by atoms with van der Waals surface area (Å²) in [7, 11) is 0. The van der Waals surface area contributed by atoms with Gasteiger partial charge in [-0.1, -0.05) is 48.5 Å². The monoisotopic (exact) mass is 326 g/mol. The third-order valence-electron chi connectivity index (χ3n) is 4.62. The molecule has 3 heteroatoms. The van der Waals surface area contributed by atoms with Crippen molar-refractivity contribution in [2.24, 2.45) is 0 Å². The van der Waals surface area contributed by atoms with Crippen LogP contribution in [0.15, 0.2) is 77.9 Å². The van der Waals surface area contributed by atoms with E-state index in [1.165, 1.54) is 19.1 Å². The van der Waals surface area contributed by atoms with Crippen molar-refractivity contribution in [2.45, 2.75) is 6.92 Å². The van der Waals surface area contributed by atoms with Gasteiger partial charge in [-0.2, -0.15) is 0 Å². The molecule has 0 bridgehead atoms. The number of hydrogen-bond donors (Lipinski definition) is 0. The molecule has 4 rings (SSSR count). The lowest BCUT2D eigenvalue weighted by molar-refractivity contribution is -0.115. The molecule has 0 heterocycles. The maximum absolute atomic E-state index is 13.2. The largest absolute Gasteiger partial charge is 0.290 e. The minimum atomic E-state index is -0.417. The van der Waals surface area contributed by atoms with Crippen molar-refractivity contribution in [3.63, 3.8) is 0 Å². The van der Waals surface area contributed by atoms with Gasteiger partial charge in [-0.3, -0.25) is 14.4 Å². The Morgan fingerprint density at radius 3 is 2.12 bits per heavy atom. The second kappa shape index (κ2) is 5.64. The van der Waals surface area contributed by atoms with Gasteiger partial charge >= 0.3 is 0 Å². The number of Topliss-reactive ketones (excluding diaryl/α,β-unsaturated/α-hetero) is 1. The highest BCUT2D eigenvalue weighted by Gasteiger charge is 2.27. The molecule has 0 fully saturated rings. The first kappa shape index (κ1) is 15.2. The van der Waals surface area contributed by atoms with Crippen molar-refractivity contribution in [1.29, 1.82) is 0 Å². The molecule has 0 saturated carbocycles. The maximum Gasteiger partial charge on any atom is 0.198 e. The summed E-state index contributed by atoms with van der Waals surface area (Å²) in [5, 5.41) is 3.70. The van der Waals surface area contributed by atoms with E-state index in [1.54, 1.807) is 6.07 Å². The molecular weight excluding hydrogens is 312 g/mol. The average molecular weight is 326 g/mol. The highest BCUT2D eigenvalue weighted by Crippen LogP contribution is 2.31. The third kappa shape index (κ3) is 2.32. The van der Waals surface area contributed by atoms with Crippen LogP contribution >= 0.6 is 0 Å². The standard InChI is InChI=1S/C22H14O3/c1-13-19(23)10-11-20(24)21(13)22(25)18-12-14-6-2-3-7-15(14)16-8-4-5-9-17(16)18/h2-12H,1H3. The van der Waals surface area contributed by atoms with Gasteiger partial charge in [0.15, 0.2) is 17.3 Å². The van der Waals surface area contributed by atoms with E-state index >= 15 is 0 Å². The molecule has 0 radical (unpaired) electrons. The Balaban J connectivity index is 2.03. The average Bonchev–Trinajstić information content (AvgIpc) is 2.64. The molecule has 120 valence electrons. The van der Waals surface area contributed by atoms with Crippen LogP contribution in [0.25, 0.3) is 21.5 Å². The molecule has 0 N–H and O–H groups in total. The molecular formula is C22H14O3. The molecule has 0 amide bonds. The summed E-state index contributed by atoms with van der Waals surface area (Å²) >= 11 is 0. The zero-order valence-corrected chi connectivity index (χ0v) is 13.6. The Labute approximate surface area is 144 Å². The summed E-state index contributed by atoms with van der Waals surface area (Å²) in [6, 6.07) is 17.2. The number of carbonyl (C=O) groups is 3. The first-order valence-corrected chi connectivity index (χ1v) is 8.01. The summed E-state index contributed by atoms with van der Waals surface area (Å²) in [5.74, 6) is -1.12. The minimum absolute atomic E-state index is 0.0343. The molecule has 3 aromatic carbocycles. The van der Waals surface area contributed by atoms with E-state index in [-0.39, 0.29) is 16.9 Å². The fraction of sp³-hybridized carbons (Fsp3) is 0.0455. The molecule has 0 aromatic heterocycles. The summed E-state index contributed by atoms with van der Waals surface area (Å²) in [4.78, 5) is 37.3. The van der Waals surface area contributed by atoms with Crippen LogP contribution in [-0.2, 0) is 9.59 Å². The SMILES string of the molecule is CC1=C(C(=O)c2cc3ccccc3c3ccccc23)C(=O)C=CC1=O. The van der Waals surface area contributed by atoms with E-state index in [2.05, 4.69) is 0 Å². The van der Waals surface area contributed by atoms with E-state index in [0.29, 0.717) is 5.56 Å². The number of fused-ring (bicyclic) bond motifs is 3. The van der Waals surface area contributed by atoms with E-state index in [4.69, 9.17) is 0 Å². The summed E-state index contributed by atoms with van der Waals surface area (Å²) in [6.07, 6.45) is 2.39. The fourth-order valence-corrected chi connectivity index (χ4v) is 3.33. The van der Waals surface area contributed by atoms with Crippen molar-refractivity contribution < 1.29 is 14.4 Å². The van der Waals surface area contributed by atoms with Crippen LogP contribution in [0.3, 0.4) is 0 Å². The second-order valence-corrected chi connectivity index (χ2v) is 6.08. The predicted molar refractivity (Wildman–Crippen MR) is 97.6 cm³/mol. The van der Waals surface area contributed by atoms with E-state index in [0.717, 1.165) is 21.5 Å². The zero-order chi connectivity index (χ0) is 17.6. The lowest BCUT2D eigenvalue weighted by Gasteiger charge is -2.14. The Bertz CT molecular complexity index is 1150. The fourth-order valence-electron chi connectivity index (χ4n) is 3.33. The van der Waals surface area contributed by atoms with Gasteiger partial charge in [0.25, 0.3) is 0 Å². The maximum atomic E-state index is 13.2. The zero-order valence-electron chi connectivity index (χ0n) is 13.6. The smallest absolute Gasteiger partial charge is 0.198 e. The van der Waals surface area contributed by atoms with E-state index in [1.807, 2.05) is 48.5 Å². The topological polar surface area (TPSA) is 51.2 Å². The molecule has 0 unspecified atom stereocenters. The van der Waals surface area contributed by atoms with Gasteiger partial charge in [-0.25, -0.2) is 0 Å². The molecule has 0 atom stereocenters. The van der Waals surface area contributed by atoms with Crippen molar-refractivity contribution in [1.82, 2.24) is 0 Å². The van der Waals surface area contributed by atoms with Crippen LogP contribution < -0.4 is 0 Å². The minimum Gasteiger partial charge on any atom is -0.290 e. The van der Waals surface area contributed by atoms with E-state index in [9.17, 15) is 14.4 Å². The molecule has 0 aliphatic heterocycles. The van der Waals surface area contributed by atoms with Crippen LogP contribution in [0.5, 0.6) is 0 Å². The number of carbonyl (C=O) groups excluding carboxylic acids is 3. The van der Waals surface area contributed by atoms with Gasteiger partial charge in [0, 0.05) is 11.1 Å². The van der Waals surface area contributed by atoms with Crippen LogP contribution in [0, 0.1) is 0 Å². The number of benzene rings is 3. The van der Waals surface area contributed by atoms with Crippen LogP contribution in [0.4, 0.5) is 0 Å². The molecule has 1 aliphatic carbocycles. The van der Waals surface area contributed by atoms with Crippen LogP contribution in [0.1, 0.15) is 17.3 Å². The lowest BCUT2D eigenvalue weighted by Crippen LogP contribution is -2.20. The normalized spacial score (nSPS) is 14.6. The summed E-state index contributed by atoms with van der Waals surface area (Å²) in [6.45, 7) is 1.53. The van der Waals surface area contributed by atoms with Crippen molar-refractivity contribution in [3.8, 4) is 0 Å². The second-order valence-electron chi connectivity index (χ2n) is 6.08. The molecule has 0 spiro atoms. The summed E-state index contributed by atoms with van der Waals surface area (Å²) < 4.78 is 0. The molecule has 3 nitrogen and oxygen atoms in total. The van der Waals surface area contributed by atoms with Gasteiger partial charge in [-0.15, -0.1) is 0 Å². The van der Waals surface area contributed by atoms with Crippen molar-refractivity contribution in [2.75, 3.05) is 0 Å². The highest BCUT2D eigenvalue weighted by molar-refractivity contribution is 6.38. The Hall–Kier alpha value is -3.33. The molecule has 1 aliphatic rings. The van der Waals surface area contributed by atoms with E-state index < -0.39 is 11.6 Å². The Morgan fingerprint density at radius 1 is 0.760 bits per heavy atom. The first-order chi connectivity index (χ1) is 12.1. The third-order valence-corrected chi connectivity index (χ3v) is 4.62. The predicted octanol–water partition coefficient (Wildman–Crippen LogP) is 4.20.